The summed E-state index contributed by atoms with van der Waals surface area (Å²) in [7, 11) is 0. The number of rotatable bonds is 2. The summed E-state index contributed by atoms with van der Waals surface area (Å²) in [5.41, 5.74) is 12.4. The first-order valence-corrected chi connectivity index (χ1v) is 6.88. The molecular formula is C12H17ClN2S. The Morgan fingerprint density at radius 2 is 1.88 bits per heavy atom. The van der Waals surface area contributed by atoms with Gasteiger partial charge in [-0.2, -0.15) is 0 Å². The molecule has 4 N–H and O–H groups in total. The Balaban J connectivity index is 2.00. The molecule has 0 radical (unpaired) electrons. The molecule has 0 unspecified atom stereocenters. The van der Waals surface area contributed by atoms with Crippen LogP contribution in [0.4, 0.5) is 5.69 Å². The third kappa shape index (κ3) is 3.06. The summed E-state index contributed by atoms with van der Waals surface area (Å²) in [5.74, 6) is 0. The zero-order valence-corrected chi connectivity index (χ0v) is 10.7. The standard InChI is InChI=1S/C12H17ClN2S/c13-11-6-3-9(15)7-12(11)16-10-4-1-8(14)2-5-10/h3,6-8,10H,1-2,4-5,14-15H2. The largest absolute Gasteiger partial charge is 0.399 e. The minimum atomic E-state index is 0.396. The van der Waals surface area contributed by atoms with Crippen molar-refractivity contribution >= 4 is 29.1 Å². The highest BCUT2D eigenvalue weighted by atomic mass is 35.5. The first-order chi connectivity index (χ1) is 7.65. The van der Waals surface area contributed by atoms with Crippen LogP contribution >= 0.6 is 23.4 Å². The van der Waals surface area contributed by atoms with Crippen molar-refractivity contribution in [1.29, 1.82) is 0 Å². The molecule has 0 spiro atoms. The summed E-state index contributed by atoms with van der Waals surface area (Å²) < 4.78 is 0. The van der Waals surface area contributed by atoms with Gasteiger partial charge in [-0.25, -0.2) is 0 Å². The van der Waals surface area contributed by atoms with Gasteiger partial charge in [0, 0.05) is 21.9 Å². The number of nitrogen functional groups attached to an aromatic ring is 1. The molecule has 2 rings (SSSR count). The van der Waals surface area contributed by atoms with Crippen LogP contribution in [0.3, 0.4) is 0 Å². The predicted molar refractivity (Wildman–Crippen MR) is 72.0 cm³/mol. The fourth-order valence-corrected chi connectivity index (χ4v) is 3.50. The molecule has 0 saturated heterocycles. The molecule has 1 aromatic carbocycles. The van der Waals surface area contributed by atoms with Crippen molar-refractivity contribution in [3.05, 3.63) is 23.2 Å². The minimum absolute atomic E-state index is 0.396. The van der Waals surface area contributed by atoms with Gasteiger partial charge in [-0.15, -0.1) is 11.8 Å². The quantitative estimate of drug-likeness (QED) is 0.799. The van der Waals surface area contributed by atoms with E-state index in [0.717, 1.165) is 28.4 Å². The lowest BCUT2D eigenvalue weighted by Gasteiger charge is -2.25. The first-order valence-electron chi connectivity index (χ1n) is 5.62. The Hall–Kier alpha value is -0.380. The number of benzene rings is 1. The first kappa shape index (κ1) is 12.1. The third-order valence-electron chi connectivity index (χ3n) is 2.97. The van der Waals surface area contributed by atoms with Crippen molar-refractivity contribution in [3.63, 3.8) is 0 Å². The van der Waals surface area contributed by atoms with Crippen molar-refractivity contribution in [3.8, 4) is 0 Å². The average molecular weight is 257 g/mol. The van der Waals surface area contributed by atoms with Crippen LogP contribution in [0, 0.1) is 0 Å². The minimum Gasteiger partial charge on any atom is -0.399 e. The summed E-state index contributed by atoms with van der Waals surface area (Å²) >= 11 is 7.98. The maximum atomic E-state index is 6.14. The van der Waals surface area contributed by atoms with Crippen molar-refractivity contribution in [1.82, 2.24) is 0 Å². The van der Waals surface area contributed by atoms with E-state index in [9.17, 15) is 0 Å². The highest BCUT2D eigenvalue weighted by Crippen LogP contribution is 2.37. The molecule has 1 saturated carbocycles. The zero-order chi connectivity index (χ0) is 11.5. The van der Waals surface area contributed by atoms with Gasteiger partial charge < -0.3 is 11.5 Å². The van der Waals surface area contributed by atoms with E-state index in [1.807, 2.05) is 30.0 Å². The summed E-state index contributed by atoms with van der Waals surface area (Å²) in [6, 6.07) is 6.06. The fraction of sp³-hybridized carbons (Fsp3) is 0.500. The molecule has 0 aromatic heterocycles. The normalized spacial score (nSPS) is 25.6. The van der Waals surface area contributed by atoms with Crippen LogP contribution in [-0.2, 0) is 0 Å². The van der Waals surface area contributed by atoms with Crippen LogP contribution in [0.1, 0.15) is 25.7 Å². The molecule has 16 heavy (non-hydrogen) atoms. The van der Waals surface area contributed by atoms with Gasteiger partial charge in [-0.3, -0.25) is 0 Å². The molecule has 0 bridgehead atoms. The van der Waals surface area contributed by atoms with E-state index < -0.39 is 0 Å². The lowest BCUT2D eigenvalue weighted by atomic mass is 9.96. The highest BCUT2D eigenvalue weighted by Gasteiger charge is 2.20. The van der Waals surface area contributed by atoms with Crippen LogP contribution in [0.15, 0.2) is 23.1 Å². The Kier molecular flexibility index (Phi) is 4.00. The third-order valence-corrected chi connectivity index (χ3v) is 4.81. The van der Waals surface area contributed by atoms with Gasteiger partial charge in [0.1, 0.15) is 0 Å². The molecule has 1 aliphatic rings. The maximum absolute atomic E-state index is 6.14. The predicted octanol–water partition coefficient (Wildman–Crippen LogP) is 3.28. The molecule has 4 heteroatoms. The van der Waals surface area contributed by atoms with Gasteiger partial charge in [0.05, 0.1) is 5.02 Å². The molecule has 0 atom stereocenters. The number of hydrogen-bond acceptors (Lipinski definition) is 3. The van der Waals surface area contributed by atoms with E-state index in [0.29, 0.717) is 11.3 Å². The van der Waals surface area contributed by atoms with E-state index in [1.165, 1.54) is 12.8 Å². The van der Waals surface area contributed by atoms with E-state index in [1.54, 1.807) is 0 Å². The Labute approximate surface area is 106 Å². The van der Waals surface area contributed by atoms with Crippen molar-refractivity contribution < 1.29 is 0 Å². The number of thioether (sulfide) groups is 1. The fourth-order valence-electron chi connectivity index (χ4n) is 2.00. The van der Waals surface area contributed by atoms with Gasteiger partial charge in [0.15, 0.2) is 0 Å². The van der Waals surface area contributed by atoms with Crippen molar-refractivity contribution in [2.75, 3.05) is 5.73 Å². The van der Waals surface area contributed by atoms with Crippen LogP contribution in [0.5, 0.6) is 0 Å². The second kappa shape index (κ2) is 5.30. The molecule has 0 aliphatic heterocycles. The number of hydrogen-bond donors (Lipinski definition) is 2. The molecule has 0 heterocycles. The van der Waals surface area contributed by atoms with Crippen molar-refractivity contribution in [2.24, 2.45) is 5.73 Å². The molecule has 1 aliphatic carbocycles. The lowest BCUT2D eigenvalue weighted by molar-refractivity contribution is 0.451. The van der Waals surface area contributed by atoms with E-state index >= 15 is 0 Å². The van der Waals surface area contributed by atoms with Crippen LogP contribution in [0.2, 0.25) is 5.02 Å². The molecule has 1 fully saturated rings. The second-order valence-corrected chi connectivity index (χ2v) is 6.09. The summed E-state index contributed by atoms with van der Waals surface area (Å²) in [6.45, 7) is 0. The average Bonchev–Trinajstić information content (AvgIpc) is 2.27. The lowest BCUT2D eigenvalue weighted by Crippen LogP contribution is -2.27. The van der Waals surface area contributed by atoms with Gasteiger partial charge >= 0.3 is 0 Å². The monoisotopic (exact) mass is 256 g/mol. The van der Waals surface area contributed by atoms with E-state index in [-0.39, 0.29) is 0 Å². The van der Waals surface area contributed by atoms with E-state index in [4.69, 9.17) is 23.1 Å². The Morgan fingerprint density at radius 1 is 1.19 bits per heavy atom. The molecule has 88 valence electrons. The Morgan fingerprint density at radius 3 is 2.56 bits per heavy atom. The van der Waals surface area contributed by atoms with Crippen LogP contribution in [-0.4, -0.2) is 11.3 Å². The summed E-state index contributed by atoms with van der Waals surface area (Å²) in [6.07, 6.45) is 4.60. The van der Waals surface area contributed by atoms with E-state index in [2.05, 4.69) is 0 Å². The molecular weight excluding hydrogens is 240 g/mol. The Bertz CT molecular complexity index is 362. The summed E-state index contributed by atoms with van der Waals surface area (Å²) in [4.78, 5) is 1.10. The van der Waals surface area contributed by atoms with Gasteiger partial charge in [0.2, 0.25) is 0 Å². The topological polar surface area (TPSA) is 52.0 Å². The van der Waals surface area contributed by atoms with Gasteiger partial charge in [-0.05, 0) is 43.9 Å². The van der Waals surface area contributed by atoms with Gasteiger partial charge in [-0.1, -0.05) is 11.6 Å². The van der Waals surface area contributed by atoms with Crippen LogP contribution < -0.4 is 11.5 Å². The number of anilines is 1. The number of halogens is 1. The SMILES string of the molecule is Nc1ccc(Cl)c(SC2CCC(N)CC2)c1. The maximum Gasteiger partial charge on any atom is 0.0543 e. The summed E-state index contributed by atoms with van der Waals surface area (Å²) in [5, 5.41) is 1.44. The van der Waals surface area contributed by atoms with Gasteiger partial charge in [0.25, 0.3) is 0 Å². The second-order valence-electron chi connectivity index (χ2n) is 4.34. The van der Waals surface area contributed by atoms with Crippen LogP contribution in [0.25, 0.3) is 0 Å². The molecule has 2 nitrogen and oxygen atoms in total. The molecule has 1 aromatic rings. The highest BCUT2D eigenvalue weighted by molar-refractivity contribution is 8.00. The van der Waals surface area contributed by atoms with Crippen molar-refractivity contribution in [2.45, 2.75) is 41.9 Å². The zero-order valence-electron chi connectivity index (χ0n) is 9.16. The smallest absolute Gasteiger partial charge is 0.0543 e. The number of nitrogens with two attached hydrogens (primary N) is 2. The molecule has 0 amide bonds.